The normalized spacial score (nSPS) is 19.0. The van der Waals surface area contributed by atoms with Gasteiger partial charge in [0.15, 0.2) is 0 Å². The minimum absolute atomic E-state index is 0.781. The quantitative estimate of drug-likeness (QED) is 0.815. The lowest BCUT2D eigenvalue weighted by atomic mass is 9.87. The molecule has 1 fully saturated rings. The molecule has 0 spiro atoms. The average molecular weight is 280 g/mol. The molecule has 1 aromatic heterocycles. The zero-order valence-electron chi connectivity index (χ0n) is 13.0. The molecule has 0 saturated carbocycles. The summed E-state index contributed by atoms with van der Waals surface area (Å²) < 4.78 is 0. The van der Waals surface area contributed by atoms with Crippen LogP contribution in [0.5, 0.6) is 0 Å². The summed E-state index contributed by atoms with van der Waals surface area (Å²) in [6, 6.07) is 13.1. The fourth-order valence-electron chi connectivity index (χ4n) is 3.20. The maximum Gasteiger partial charge on any atom is 0.0366 e. The first-order chi connectivity index (χ1) is 10.2. The fourth-order valence-corrected chi connectivity index (χ4v) is 3.20. The van der Waals surface area contributed by atoms with Crippen LogP contribution in [-0.4, -0.2) is 18.1 Å². The van der Waals surface area contributed by atoms with Gasteiger partial charge >= 0.3 is 0 Å². The molecule has 0 aliphatic carbocycles. The molecule has 110 valence electrons. The molecule has 1 unspecified atom stereocenters. The molecule has 2 aromatic rings. The number of hydrogen-bond donors (Lipinski definition) is 0. The zero-order valence-corrected chi connectivity index (χ0v) is 13.0. The van der Waals surface area contributed by atoms with Crippen LogP contribution in [0.25, 0.3) is 11.1 Å². The molecule has 0 bridgehead atoms. The largest absolute Gasteiger partial charge is 0.371 e. The number of aromatic nitrogens is 1. The molecule has 2 heterocycles. The number of benzene rings is 1. The highest BCUT2D eigenvalue weighted by molar-refractivity contribution is 5.65. The molecule has 0 radical (unpaired) electrons. The van der Waals surface area contributed by atoms with Crippen LogP contribution >= 0.6 is 0 Å². The summed E-state index contributed by atoms with van der Waals surface area (Å²) in [5.74, 6) is 1.61. The highest BCUT2D eigenvalue weighted by Gasteiger charge is 2.22. The highest BCUT2D eigenvalue weighted by Crippen LogP contribution is 2.29. The molecule has 1 saturated heterocycles. The molecule has 2 heteroatoms. The smallest absolute Gasteiger partial charge is 0.0366 e. The van der Waals surface area contributed by atoms with Gasteiger partial charge in [0.05, 0.1) is 0 Å². The summed E-state index contributed by atoms with van der Waals surface area (Å²) in [7, 11) is 0. The summed E-state index contributed by atoms with van der Waals surface area (Å²) in [5.41, 5.74) is 3.85. The van der Waals surface area contributed by atoms with Crippen LogP contribution < -0.4 is 4.90 Å². The van der Waals surface area contributed by atoms with Crippen LogP contribution in [0.4, 0.5) is 5.69 Å². The van der Waals surface area contributed by atoms with Crippen molar-refractivity contribution in [3.63, 3.8) is 0 Å². The van der Waals surface area contributed by atoms with E-state index >= 15 is 0 Å². The molecule has 1 aliphatic rings. The summed E-state index contributed by atoms with van der Waals surface area (Å²) >= 11 is 0. The molecule has 21 heavy (non-hydrogen) atoms. The van der Waals surface area contributed by atoms with Crippen LogP contribution in [0.15, 0.2) is 48.8 Å². The average Bonchev–Trinajstić information content (AvgIpc) is 2.56. The van der Waals surface area contributed by atoms with E-state index in [1.165, 1.54) is 42.7 Å². The molecule has 1 atom stereocenters. The molecule has 1 aliphatic heterocycles. The standard InChI is InChI=1S/C19H24N2/c1-15(2)18-4-3-13-21(14-18)19-7-5-16(6-8-19)17-9-11-20-12-10-17/h5-12,15,18H,3-4,13-14H2,1-2H3. The molecule has 0 N–H and O–H groups in total. The second kappa shape index (κ2) is 6.30. The van der Waals surface area contributed by atoms with Gasteiger partial charge in [0, 0.05) is 31.2 Å². The van der Waals surface area contributed by atoms with Gasteiger partial charge in [0.25, 0.3) is 0 Å². The van der Waals surface area contributed by atoms with Gasteiger partial charge in [-0.3, -0.25) is 4.98 Å². The summed E-state index contributed by atoms with van der Waals surface area (Å²) in [4.78, 5) is 6.62. The monoisotopic (exact) mass is 280 g/mol. The van der Waals surface area contributed by atoms with E-state index in [0.29, 0.717) is 0 Å². The first kappa shape index (κ1) is 14.1. The zero-order chi connectivity index (χ0) is 14.7. The number of anilines is 1. The molecule has 2 nitrogen and oxygen atoms in total. The third-order valence-electron chi connectivity index (χ3n) is 4.65. The number of nitrogens with zero attached hydrogens (tertiary/aromatic N) is 2. The molecule has 0 amide bonds. The van der Waals surface area contributed by atoms with Gasteiger partial charge in [-0.15, -0.1) is 0 Å². The first-order valence-electron chi connectivity index (χ1n) is 7.99. The van der Waals surface area contributed by atoms with Crippen molar-refractivity contribution in [1.29, 1.82) is 0 Å². The second-order valence-electron chi connectivity index (χ2n) is 6.38. The Kier molecular flexibility index (Phi) is 4.23. The van der Waals surface area contributed by atoms with E-state index in [4.69, 9.17) is 0 Å². The lowest BCUT2D eigenvalue weighted by Crippen LogP contribution is -2.37. The lowest BCUT2D eigenvalue weighted by Gasteiger charge is -2.36. The van der Waals surface area contributed by atoms with Crippen LogP contribution in [-0.2, 0) is 0 Å². The molecule has 1 aromatic carbocycles. The van der Waals surface area contributed by atoms with Crippen molar-refractivity contribution in [2.75, 3.05) is 18.0 Å². The predicted octanol–water partition coefficient (Wildman–Crippen LogP) is 4.62. The Labute approximate surface area is 127 Å². The van der Waals surface area contributed by atoms with E-state index in [1.54, 1.807) is 0 Å². The number of hydrogen-bond acceptors (Lipinski definition) is 2. The first-order valence-corrected chi connectivity index (χ1v) is 7.99. The molecular weight excluding hydrogens is 256 g/mol. The van der Waals surface area contributed by atoms with Crippen molar-refractivity contribution in [3.05, 3.63) is 48.8 Å². The van der Waals surface area contributed by atoms with Crippen LogP contribution in [0, 0.1) is 11.8 Å². The Bertz CT molecular complexity index is 560. The van der Waals surface area contributed by atoms with Crippen LogP contribution in [0.2, 0.25) is 0 Å². The van der Waals surface area contributed by atoms with Gasteiger partial charge in [-0.05, 0) is 60.1 Å². The maximum absolute atomic E-state index is 4.08. The minimum atomic E-state index is 0.781. The highest BCUT2D eigenvalue weighted by atomic mass is 15.1. The predicted molar refractivity (Wildman–Crippen MR) is 89.4 cm³/mol. The Morgan fingerprint density at radius 1 is 1.00 bits per heavy atom. The van der Waals surface area contributed by atoms with Gasteiger partial charge in [-0.2, -0.15) is 0 Å². The van der Waals surface area contributed by atoms with E-state index in [9.17, 15) is 0 Å². The summed E-state index contributed by atoms with van der Waals surface area (Å²) in [5, 5.41) is 0. The number of piperidine rings is 1. The second-order valence-corrected chi connectivity index (χ2v) is 6.38. The summed E-state index contributed by atoms with van der Waals surface area (Å²) in [6.07, 6.45) is 6.39. The summed E-state index contributed by atoms with van der Waals surface area (Å²) in [6.45, 7) is 7.09. The third kappa shape index (κ3) is 3.26. The Morgan fingerprint density at radius 3 is 2.33 bits per heavy atom. The van der Waals surface area contributed by atoms with E-state index in [-0.39, 0.29) is 0 Å². The van der Waals surface area contributed by atoms with Crippen LogP contribution in [0.1, 0.15) is 26.7 Å². The lowest BCUT2D eigenvalue weighted by molar-refractivity contribution is 0.322. The van der Waals surface area contributed by atoms with Gasteiger partial charge < -0.3 is 4.90 Å². The van der Waals surface area contributed by atoms with Crippen LogP contribution in [0.3, 0.4) is 0 Å². The minimum Gasteiger partial charge on any atom is -0.371 e. The SMILES string of the molecule is CC(C)C1CCCN(c2ccc(-c3ccncc3)cc2)C1. The van der Waals surface area contributed by atoms with Crippen molar-refractivity contribution in [2.45, 2.75) is 26.7 Å². The third-order valence-corrected chi connectivity index (χ3v) is 4.65. The van der Waals surface area contributed by atoms with Gasteiger partial charge in [-0.25, -0.2) is 0 Å². The van der Waals surface area contributed by atoms with Gasteiger partial charge in [-0.1, -0.05) is 26.0 Å². The number of rotatable bonds is 3. The van der Waals surface area contributed by atoms with Crippen molar-refractivity contribution in [2.24, 2.45) is 11.8 Å². The maximum atomic E-state index is 4.08. The fraction of sp³-hybridized carbons (Fsp3) is 0.421. The van der Waals surface area contributed by atoms with Gasteiger partial charge in [0.1, 0.15) is 0 Å². The molecule has 3 rings (SSSR count). The van der Waals surface area contributed by atoms with E-state index in [1.807, 2.05) is 12.4 Å². The molecular formula is C19H24N2. The van der Waals surface area contributed by atoms with Crippen molar-refractivity contribution >= 4 is 5.69 Å². The number of pyridine rings is 1. The van der Waals surface area contributed by atoms with Gasteiger partial charge in [0.2, 0.25) is 0 Å². The van der Waals surface area contributed by atoms with E-state index < -0.39 is 0 Å². The Hall–Kier alpha value is -1.83. The Balaban J connectivity index is 1.75. The van der Waals surface area contributed by atoms with Crippen molar-refractivity contribution < 1.29 is 0 Å². The van der Waals surface area contributed by atoms with Crippen molar-refractivity contribution in [3.8, 4) is 11.1 Å². The van der Waals surface area contributed by atoms with Crippen molar-refractivity contribution in [1.82, 2.24) is 4.98 Å². The Morgan fingerprint density at radius 2 is 1.67 bits per heavy atom. The van der Waals surface area contributed by atoms with E-state index in [0.717, 1.165) is 11.8 Å². The van der Waals surface area contributed by atoms with E-state index in [2.05, 4.69) is 60.1 Å². The topological polar surface area (TPSA) is 16.1 Å².